The molecule has 3 aromatic rings. The molecule has 2 aromatic carbocycles. The number of nitrogens with one attached hydrogen (secondary N) is 1. The van der Waals surface area contributed by atoms with E-state index in [4.69, 9.17) is 4.42 Å². The number of aromatic nitrogens is 1. The van der Waals surface area contributed by atoms with E-state index in [0.717, 1.165) is 50.0 Å². The summed E-state index contributed by atoms with van der Waals surface area (Å²) in [6, 6.07) is 10.6. The van der Waals surface area contributed by atoms with Crippen molar-refractivity contribution in [3.63, 3.8) is 0 Å². The molecular weight excluding hydrogens is 416 g/mol. The van der Waals surface area contributed by atoms with Crippen LogP contribution in [0.1, 0.15) is 40.9 Å². The van der Waals surface area contributed by atoms with Gasteiger partial charge in [-0.05, 0) is 49.1 Å². The molecule has 2 heterocycles. The average molecular weight is 439 g/mol. The lowest BCUT2D eigenvalue weighted by Crippen LogP contribution is -2.35. The van der Waals surface area contributed by atoms with E-state index in [1.807, 2.05) is 0 Å². The number of piperidine rings is 1. The van der Waals surface area contributed by atoms with Crippen LogP contribution in [0.3, 0.4) is 0 Å². The summed E-state index contributed by atoms with van der Waals surface area (Å²) in [6.45, 7) is 1.69. The Morgan fingerprint density at radius 3 is 2.38 bits per heavy atom. The molecule has 8 heteroatoms. The van der Waals surface area contributed by atoms with Gasteiger partial charge in [0.2, 0.25) is 11.8 Å². The van der Waals surface area contributed by atoms with Gasteiger partial charge in [-0.2, -0.15) is 0 Å². The van der Waals surface area contributed by atoms with E-state index in [1.165, 1.54) is 12.3 Å². The molecule has 0 bridgehead atoms. The second kappa shape index (κ2) is 9.72. The van der Waals surface area contributed by atoms with Crippen molar-refractivity contribution in [1.82, 2.24) is 15.2 Å². The Bertz CT molecular complexity index is 1090. The molecule has 2 amide bonds. The van der Waals surface area contributed by atoms with Gasteiger partial charge in [-0.3, -0.25) is 9.59 Å². The smallest absolute Gasteiger partial charge is 0.275 e. The number of carbonyl (C=O) groups excluding carboxylic acids is 2. The second-order valence-electron chi connectivity index (χ2n) is 7.74. The van der Waals surface area contributed by atoms with Crippen LogP contribution in [0, 0.1) is 11.6 Å². The van der Waals surface area contributed by atoms with Crippen LogP contribution in [0.5, 0.6) is 0 Å². The van der Waals surface area contributed by atoms with Crippen molar-refractivity contribution in [3.8, 4) is 11.5 Å². The highest BCUT2D eigenvalue weighted by Crippen LogP contribution is 2.21. The maximum atomic E-state index is 13.7. The second-order valence-corrected chi connectivity index (χ2v) is 7.74. The van der Waals surface area contributed by atoms with Crippen LogP contribution in [0.25, 0.3) is 11.5 Å². The summed E-state index contributed by atoms with van der Waals surface area (Å²) in [7, 11) is 0. The van der Waals surface area contributed by atoms with Gasteiger partial charge in [-0.25, -0.2) is 13.8 Å². The quantitative estimate of drug-likeness (QED) is 0.627. The van der Waals surface area contributed by atoms with Gasteiger partial charge in [0.05, 0.1) is 6.42 Å². The van der Waals surface area contributed by atoms with Crippen molar-refractivity contribution in [1.29, 1.82) is 0 Å². The van der Waals surface area contributed by atoms with Crippen molar-refractivity contribution in [2.75, 3.05) is 13.1 Å². The van der Waals surface area contributed by atoms with Crippen LogP contribution in [-0.2, 0) is 17.8 Å². The van der Waals surface area contributed by atoms with Gasteiger partial charge in [0.15, 0.2) is 5.69 Å². The Morgan fingerprint density at radius 2 is 1.69 bits per heavy atom. The minimum atomic E-state index is -0.742. The van der Waals surface area contributed by atoms with Crippen LogP contribution in [0.4, 0.5) is 8.78 Å². The molecule has 1 N–H and O–H groups in total. The first-order chi connectivity index (χ1) is 15.5. The number of hydrogen-bond acceptors (Lipinski definition) is 4. The van der Waals surface area contributed by atoms with E-state index >= 15 is 0 Å². The SMILES string of the molecule is O=C(Cc1c(F)cccc1F)NCc1ccc(-c2nc(C(=O)N3CCCCC3)co2)cc1. The van der Waals surface area contributed by atoms with E-state index in [9.17, 15) is 18.4 Å². The van der Waals surface area contributed by atoms with Crippen molar-refractivity contribution >= 4 is 11.8 Å². The molecule has 0 unspecified atom stereocenters. The number of amides is 2. The first-order valence-corrected chi connectivity index (χ1v) is 10.5. The number of hydrogen-bond donors (Lipinski definition) is 1. The number of rotatable bonds is 6. The summed E-state index contributed by atoms with van der Waals surface area (Å²) in [5.74, 6) is -1.74. The summed E-state index contributed by atoms with van der Waals surface area (Å²) in [6.07, 6.45) is 4.15. The van der Waals surface area contributed by atoms with Gasteiger partial charge in [-0.15, -0.1) is 0 Å². The lowest BCUT2D eigenvalue weighted by Gasteiger charge is -2.25. The molecule has 1 aliphatic rings. The van der Waals surface area contributed by atoms with E-state index in [0.29, 0.717) is 17.1 Å². The van der Waals surface area contributed by atoms with Gasteiger partial charge >= 0.3 is 0 Å². The third-order valence-electron chi connectivity index (χ3n) is 5.46. The number of halogens is 2. The first kappa shape index (κ1) is 21.7. The van der Waals surface area contributed by atoms with Crippen LogP contribution < -0.4 is 5.32 Å². The lowest BCUT2D eigenvalue weighted by atomic mass is 10.1. The van der Waals surface area contributed by atoms with E-state index in [1.54, 1.807) is 29.2 Å². The molecule has 1 fully saturated rings. The fourth-order valence-corrected chi connectivity index (χ4v) is 3.65. The molecule has 0 spiro atoms. The summed E-state index contributed by atoms with van der Waals surface area (Å²) in [5.41, 5.74) is 1.54. The summed E-state index contributed by atoms with van der Waals surface area (Å²) in [5, 5.41) is 2.65. The van der Waals surface area contributed by atoms with Gasteiger partial charge in [0.1, 0.15) is 17.9 Å². The molecule has 6 nitrogen and oxygen atoms in total. The monoisotopic (exact) mass is 439 g/mol. The number of carbonyl (C=O) groups is 2. The van der Waals surface area contributed by atoms with Gasteiger partial charge < -0.3 is 14.6 Å². The predicted molar refractivity (Wildman–Crippen MR) is 114 cm³/mol. The number of nitrogens with zero attached hydrogens (tertiary/aromatic N) is 2. The molecule has 0 radical (unpaired) electrons. The van der Waals surface area contributed by atoms with Crippen LogP contribution >= 0.6 is 0 Å². The van der Waals surface area contributed by atoms with Gasteiger partial charge in [-0.1, -0.05) is 18.2 Å². The normalized spacial score (nSPS) is 13.8. The zero-order chi connectivity index (χ0) is 22.5. The summed E-state index contributed by atoms with van der Waals surface area (Å²) < 4.78 is 32.8. The third-order valence-corrected chi connectivity index (χ3v) is 5.46. The van der Waals surface area contributed by atoms with Crippen molar-refractivity contribution in [2.45, 2.75) is 32.2 Å². The Morgan fingerprint density at radius 1 is 1.00 bits per heavy atom. The van der Waals surface area contributed by atoms with Crippen molar-refractivity contribution in [2.24, 2.45) is 0 Å². The van der Waals surface area contributed by atoms with Gasteiger partial charge in [0.25, 0.3) is 5.91 Å². The molecule has 166 valence electrons. The molecule has 0 atom stereocenters. The first-order valence-electron chi connectivity index (χ1n) is 10.5. The summed E-state index contributed by atoms with van der Waals surface area (Å²) in [4.78, 5) is 30.7. The fraction of sp³-hybridized carbons (Fsp3) is 0.292. The van der Waals surface area contributed by atoms with Crippen LogP contribution in [-0.4, -0.2) is 34.8 Å². The highest BCUT2D eigenvalue weighted by atomic mass is 19.1. The highest BCUT2D eigenvalue weighted by molar-refractivity contribution is 5.92. The van der Waals surface area contributed by atoms with Crippen LogP contribution in [0.2, 0.25) is 0 Å². The largest absolute Gasteiger partial charge is 0.444 e. The topological polar surface area (TPSA) is 75.4 Å². The van der Waals surface area contributed by atoms with Crippen molar-refractivity contribution < 1.29 is 22.8 Å². The van der Waals surface area contributed by atoms with Crippen molar-refractivity contribution in [3.05, 3.63) is 77.2 Å². The zero-order valence-corrected chi connectivity index (χ0v) is 17.4. The number of oxazole rings is 1. The Labute approximate surface area is 184 Å². The van der Waals surface area contributed by atoms with Gasteiger partial charge in [0, 0.05) is 30.8 Å². The minimum Gasteiger partial charge on any atom is -0.444 e. The lowest BCUT2D eigenvalue weighted by molar-refractivity contribution is -0.120. The molecule has 1 saturated heterocycles. The number of likely N-dealkylation sites (tertiary alicyclic amines) is 1. The van der Waals surface area contributed by atoms with E-state index in [-0.39, 0.29) is 24.4 Å². The Balaban J connectivity index is 1.34. The molecule has 1 aromatic heterocycles. The van der Waals surface area contributed by atoms with E-state index in [2.05, 4.69) is 10.3 Å². The van der Waals surface area contributed by atoms with E-state index < -0.39 is 17.5 Å². The predicted octanol–water partition coefficient (Wildman–Crippen LogP) is 4.10. The molecule has 4 rings (SSSR count). The molecule has 1 aliphatic heterocycles. The molecule has 32 heavy (non-hydrogen) atoms. The maximum absolute atomic E-state index is 13.7. The third kappa shape index (κ3) is 5.01. The maximum Gasteiger partial charge on any atom is 0.275 e. The highest BCUT2D eigenvalue weighted by Gasteiger charge is 2.21. The zero-order valence-electron chi connectivity index (χ0n) is 17.4. The minimum absolute atomic E-state index is 0.120. The average Bonchev–Trinajstić information content (AvgIpc) is 3.31. The number of benzene rings is 2. The van der Waals surface area contributed by atoms with Crippen LogP contribution in [0.15, 0.2) is 53.1 Å². The Hall–Kier alpha value is -3.55. The standard InChI is InChI=1S/C24H23F2N3O3/c25-19-5-4-6-20(26)18(19)13-22(30)27-14-16-7-9-17(10-8-16)23-28-21(15-32-23)24(31)29-11-2-1-3-12-29/h4-10,15H,1-3,11-14H2,(H,27,30). The molecular formula is C24H23F2N3O3. The Kier molecular flexibility index (Phi) is 6.58. The molecule has 0 saturated carbocycles. The molecule has 0 aliphatic carbocycles. The summed E-state index contributed by atoms with van der Waals surface area (Å²) >= 11 is 0. The fourth-order valence-electron chi connectivity index (χ4n) is 3.65.